The molecule has 0 spiro atoms. The van der Waals surface area contributed by atoms with Crippen LogP contribution in [0.3, 0.4) is 0 Å². The number of carbonyl (C=O) groups is 2. The van der Waals surface area contributed by atoms with Crippen LogP contribution in [0.15, 0.2) is 12.1 Å². The minimum absolute atomic E-state index is 0.0805. The second kappa shape index (κ2) is 6.82. The molecular weight excluding hydrogens is 286 g/mol. The summed E-state index contributed by atoms with van der Waals surface area (Å²) in [4.78, 5) is 22.4. The number of benzene rings is 1. The number of carboxylic acid groups (broad SMARTS) is 1. The first-order valence-electron chi connectivity index (χ1n) is 5.72. The van der Waals surface area contributed by atoms with Crippen molar-refractivity contribution in [3.05, 3.63) is 28.3 Å². The highest BCUT2D eigenvalue weighted by Gasteiger charge is 2.15. The number of carbonyl (C=O) groups excluding carboxylic acids is 1. The molecule has 0 radical (unpaired) electrons. The second-order valence-electron chi connectivity index (χ2n) is 4.28. The van der Waals surface area contributed by atoms with Crippen molar-refractivity contribution in [1.29, 1.82) is 0 Å². The molecule has 0 saturated carbocycles. The molecule has 0 aliphatic carbocycles. The number of amides is 1. The van der Waals surface area contributed by atoms with E-state index in [2.05, 4.69) is 5.32 Å². The molecule has 0 aliphatic rings. The lowest BCUT2D eigenvalue weighted by Crippen LogP contribution is -2.19. The van der Waals surface area contributed by atoms with Gasteiger partial charge in [-0.1, -0.05) is 17.7 Å². The van der Waals surface area contributed by atoms with Gasteiger partial charge in [0.25, 0.3) is 0 Å². The number of carboxylic acids is 1. The van der Waals surface area contributed by atoms with E-state index in [9.17, 15) is 9.59 Å². The van der Waals surface area contributed by atoms with E-state index in [1.165, 1.54) is 0 Å². The van der Waals surface area contributed by atoms with E-state index in [1.807, 2.05) is 19.9 Å². The number of anilines is 1. The first-order valence-corrected chi connectivity index (χ1v) is 7.15. The van der Waals surface area contributed by atoms with Gasteiger partial charge in [-0.25, -0.2) is 0 Å². The molecule has 19 heavy (non-hydrogen) atoms. The van der Waals surface area contributed by atoms with E-state index >= 15 is 0 Å². The van der Waals surface area contributed by atoms with Gasteiger partial charge in [0.15, 0.2) is 0 Å². The number of rotatable bonds is 5. The lowest BCUT2D eigenvalue weighted by Gasteiger charge is -2.12. The third kappa shape index (κ3) is 4.76. The minimum Gasteiger partial charge on any atom is -0.480 e. The second-order valence-corrected chi connectivity index (χ2v) is 6.01. The Morgan fingerprint density at radius 1 is 1.42 bits per heavy atom. The van der Waals surface area contributed by atoms with Gasteiger partial charge in [0.05, 0.1) is 21.7 Å². The number of hydrogen-bond donors (Lipinski definition) is 2. The van der Waals surface area contributed by atoms with Crippen LogP contribution in [-0.2, 0) is 9.59 Å². The number of nitrogens with one attached hydrogen (secondary N) is 1. The fraction of sp³-hybridized carbons (Fsp3) is 0.385. The molecule has 0 aliphatic heterocycles. The lowest BCUT2D eigenvalue weighted by atomic mass is 10.1. The summed E-state index contributed by atoms with van der Waals surface area (Å²) in [5.74, 6) is -1.11. The Balaban J connectivity index is 2.65. The van der Waals surface area contributed by atoms with Crippen molar-refractivity contribution < 1.29 is 14.7 Å². The third-order valence-corrected chi connectivity index (χ3v) is 3.94. The molecule has 0 saturated heterocycles. The number of halogens is 1. The van der Waals surface area contributed by atoms with Crippen molar-refractivity contribution >= 4 is 40.9 Å². The van der Waals surface area contributed by atoms with E-state index in [1.54, 1.807) is 13.0 Å². The van der Waals surface area contributed by atoms with Crippen molar-refractivity contribution in [2.75, 3.05) is 11.1 Å². The maximum atomic E-state index is 11.7. The van der Waals surface area contributed by atoms with Crippen LogP contribution in [-0.4, -0.2) is 28.0 Å². The fourth-order valence-electron chi connectivity index (χ4n) is 1.52. The first-order chi connectivity index (χ1) is 8.81. The molecule has 1 aromatic rings. The summed E-state index contributed by atoms with van der Waals surface area (Å²) < 4.78 is 0. The highest BCUT2D eigenvalue weighted by Crippen LogP contribution is 2.27. The smallest absolute Gasteiger partial charge is 0.316 e. The number of aliphatic carboxylic acids is 1. The van der Waals surface area contributed by atoms with Crippen LogP contribution in [0.5, 0.6) is 0 Å². The van der Waals surface area contributed by atoms with Crippen LogP contribution in [0.4, 0.5) is 5.69 Å². The van der Waals surface area contributed by atoms with E-state index in [0.717, 1.165) is 22.9 Å². The fourth-order valence-corrected chi connectivity index (χ4v) is 2.51. The molecule has 4 nitrogen and oxygen atoms in total. The molecule has 1 atom stereocenters. The topological polar surface area (TPSA) is 66.4 Å². The molecule has 104 valence electrons. The highest BCUT2D eigenvalue weighted by molar-refractivity contribution is 8.01. The zero-order valence-corrected chi connectivity index (χ0v) is 12.6. The summed E-state index contributed by atoms with van der Waals surface area (Å²) in [6.45, 7) is 5.33. The van der Waals surface area contributed by atoms with Crippen LogP contribution in [0.1, 0.15) is 18.1 Å². The van der Waals surface area contributed by atoms with Gasteiger partial charge < -0.3 is 10.4 Å². The summed E-state index contributed by atoms with van der Waals surface area (Å²) in [6, 6.07) is 3.70. The van der Waals surface area contributed by atoms with Crippen LogP contribution in [0.2, 0.25) is 5.02 Å². The average Bonchev–Trinajstić information content (AvgIpc) is 2.30. The van der Waals surface area contributed by atoms with Crippen molar-refractivity contribution in [1.82, 2.24) is 0 Å². The van der Waals surface area contributed by atoms with E-state index in [4.69, 9.17) is 16.7 Å². The van der Waals surface area contributed by atoms with E-state index in [-0.39, 0.29) is 11.7 Å². The van der Waals surface area contributed by atoms with E-state index < -0.39 is 11.2 Å². The molecule has 1 aromatic carbocycles. The van der Waals surface area contributed by atoms with Gasteiger partial charge in [0.1, 0.15) is 0 Å². The minimum atomic E-state index is -0.928. The molecule has 0 heterocycles. The number of aryl methyl sites for hydroxylation is 2. The van der Waals surface area contributed by atoms with Gasteiger partial charge in [-0.2, -0.15) is 0 Å². The standard InChI is InChI=1S/C13H16ClNO3S/c1-7-4-8(2)12(10(14)5-7)15-11(16)6-19-9(3)13(17)18/h4-5,9H,6H2,1-3H3,(H,15,16)(H,17,18). The Kier molecular flexibility index (Phi) is 5.69. The van der Waals surface area contributed by atoms with Crippen LogP contribution >= 0.6 is 23.4 Å². The Labute approximate surface area is 121 Å². The summed E-state index contributed by atoms with van der Waals surface area (Å²) >= 11 is 7.15. The van der Waals surface area contributed by atoms with Gasteiger partial charge in [0.2, 0.25) is 5.91 Å². The molecule has 0 aromatic heterocycles. The quantitative estimate of drug-likeness (QED) is 0.877. The van der Waals surface area contributed by atoms with Gasteiger partial charge in [-0.3, -0.25) is 9.59 Å². The molecule has 0 bridgehead atoms. The molecule has 1 amide bonds. The zero-order chi connectivity index (χ0) is 14.6. The Morgan fingerprint density at radius 3 is 2.58 bits per heavy atom. The average molecular weight is 302 g/mol. The zero-order valence-electron chi connectivity index (χ0n) is 11.0. The van der Waals surface area contributed by atoms with Gasteiger partial charge in [-0.05, 0) is 38.0 Å². The molecule has 0 fully saturated rings. The van der Waals surface area contributed by atoms with Crippen molar-refractivity contribution in [2.24, 2.45) is 0 Å². The summed E-state index contributed by atoms with van der Waals surface area (Å²) in [5, 5.41) is 11.3. The Morgan fingerprint density at radius 2 is 2.05 bits per heavy atom. The van der Waals surface area contributed by atoms with Crippen LogP contribution in [0, 0.1) is 13.8 Å². The van der Waals surface area contributed by atoms with Gasteiger partial charge in [0, 0.05) is 0 Å². The normalized spacial score (nSPS) is 12.0. The molecule has 1 rings (SSSR count). The number of hydrogen-bond acceptors (Lipinski definition) is 3. The molecule has 2 N–H and O–H groups in total. The van der Waals surface area contributed by atoms with E-state index in [0.29, 0.717) is 10.7 Å². The Bertz CT molecular complexity index is 482. The predicted molar refractivity (Wildman–Crippen MR) is 79.1 cm³/mol. The van der Waals surface area contributed by atoms with Crippen molar-refractivity contribution in [3.8, 4) is 0 Å². The summed E-state index contributed by atoms with van der Waals surface area (Å²) in [7, 11) is 0. The third-order valence-electron chi connectivity index (χ3n) is 2.51. The first kappa shape index (κ1) is 15.9. The van der Waals surface area contributed by atoms with Crippen LogP contribution in [0.25, 0.3) is 0 Å². The Hall–Kier alpha value is -1.20. The van der Waals surface area contributed by atoms with Gasteiger partial charge >= 0.3 is 5.97 Å². The lowest BCUT2D eigenvalue weighted by molar-refractivity contribution is -0.136. The summed E-state index contributed by atoms with van der Waals surface area (Å²) in [5.41, 5.74) is 2.49. The molecule has 6 heteroatoms. The van der Waals surface area contributed by atoms with Crippen LogP contribution < -0.4 is 5.32 Å². The SMILES string of the molecule is Cc1cc(C)c(NC(=O)CSC(C)C(=O)O)c(Cl)c1. The molecular formula is C13H16ClNO3S. The summed E-state index contributed by atoms with van der Waals surface area (Å²) in [6.07, 6.45) is 0. The molecule has 1 unspecified atom stereocenters. The maximum Gasteiger partial charge on any atom is 0.316 e. The van der Waals surface area contributed by atoms with Gasteiger partial charge in [-0.15, -0.1) is 11.8 Å². The largest absolute Gasteiger partial charge is 0.480 e. The van der Waals surface area contributed by atoms with Crippen molar-refractivity contribution in [3.63, 3.8) is 0 Å². The highest BCUT2D eigenvalue weighted by atomic mass is 35.5. The predicted octanol–water partition coefficient (Wildman–Crippen LogP) is 3.10. The monoisotopic (exact) mass is 301 g/mol. The maximum absolute atomic E-state index is 11.7. The number of thioether (sulfide) groups is 1. The van der Waals surface area contributed by atoms with Crippen molar-refractivity contribution in [2.45, 2.75) is 26.0 Å².